The average molecular weight is 335 g/mol. The van der Waals surface area contributed by atoms with Crippen LogP contribution in [0.2, 0.25) is 5.02 Å². The maximum absolute atomic E-state index is 9.87. The Morgan fingerprint density at radius 2 is 2.06 bits per heavy atom. The second kappa shape index (κ2) is 6.90. The van der Waals surface area contributed by atoms with E-state index in [0.717, 1.165) is 16.5 Å². The monoisotopic (exact) mass is 333 g/mol. The second-order valence-electron chi connectivity index (χ2n) is 5.80. The normalized spacial score (nSPS) is 13.7. The van der Waals surface area contributed by atoms with Crippen LogP contribution in [0.1, 0.15) is 32.8 Å². The largest absolute Gasteiger partial charge is 0.392 e. The van der Waals surface area contributed by atoms with Crippen LogP contribution in [-0.2, 0) is 6.54 Å². The minimum absolute atomic E-state index is 0.155. The van der Waals surface area contributed by atoms with Crippen molar-refractivity contribution >= 4 is 27.5 Å². The van der Waals surface area contributed by atoms with Crippen molar-refractivity contribution < 1.29 is 5.11 Å². The van der Waals surface area contributed by atoms with Crippen molar-refractivity contribution in [3.8, 4) is 0 Å². The fraction of sp³-hybridized carbons (Fsp3) is 0.571. The molecule has 0 aliphatic rings. The Kier molecular flexibility index (Phi) is 6.12. The van der Waals surface area contributed by atoms with Crippen molar-refractivity contribution in [2.75, 3.05) is 6.54 Å². The Bertz CT molecular complexity index is 390. The third kappa shape index (κ3) is 6.19. The van der Waals surface area contributed by atoms with Gasteiger partial charge >= 0.3 is 0 Å². The lowest BCUT2D eigenvalue weighted by molar-refractivity contribution is 0.119. The number of halogens is 2. The maximum Gasteiger partial charge on any atom is 0.0669 e. The van der Waals surface area contributed by atoms with Crippen molar-refractivity contribution in [1.82, 2.24) is 5.32 Å². The van der Waals surface area contributed by atoms with E-state index in [4.69, 9.17) is 11.6 Å². The average Bonchev–Trinajstić information content (AvgIpc) is 2.20. The van der Waals surface area contributed by atoms with Crippen LogP contribution in [-0.4, -0.2) is 17.8 Å². The Morgan fingerprint density at radius 3 is 2.61 bits per heavy atom. The number of nitrogens with one attached hydrogen (secondary N) is 1. The summed E-state index contributed by atoms with van der Waals surface area (Å²) in [5, 5.41) is 13.8. The lowest BCUT2D eigenvalue weighted by atomic mass is 9.89. The molecule has 18 heavy (non-hydrogen) atoms. The predicted molar refractivity (Wildman–Crippen MR) is 80.9 cm³/mol. The summed E-state index contributed by atoms with van der Waals surface area (Å²) in [5.41, 5.74) is 1.27. The number of aliphatic hydroxyl groups excluding tert-OH is 1. The third-order valence-corrected chi connectivity index (χ3v) is 3.77. The first-order chi connectivity index (χ1) is 8.28. The molecule has 1 aromatic rings. The molecule has 1 rings (SSSR count). The molecule has 0 radical (unpaired) electrons. The van der Waals surface area contributed by atoms with Gasteiger partial charge in [0, 0.05) is 17.6 Å². The van der Waals surface area contributed by atoms with Gasteiger partial charge in [0.1, 0.15) is 0 Å². The van der Waals surface area contributed by atoms with Crippen molar-refractivity contribution in [2.24, 2.45) is 5.41 Å². The molecule has 1 unspecified atom stereocenters. The number of rotatable bonds is 5. The summed E-state index contributed by atoms with van der Waals surface area (Å²) in [6.07, 6.45) is 0.483. The van der Waals surface area contributed by atoms with Crippen molar-refractivity contribution in [3.63, 3.8) is 0 Å². The van der Waals surface area contributed by atoms with Crippen LogP contribution in [0.15, 0.2) is 22.7 Å². The summed E-state index contributed by atoms with van der Waals surface area (Å²) in [7, 11) is 0. The van der Waals surface area contributed by atoms with Gasteiger partial charge in [0.2, 0.25) is 0 Å². The Balaban J connectivity index is 2.35. The summed E-state index contributed by atoms with van der Waals surface area (Å²) < 4.78 is 0.903. The Labute approximate surface area is 123 Å². The highest BCUT2D eigenvalue weighted by Crippen LogP contribution is 2.23. The standard InChI is InChI=1S/C14H21BrClNO/c1-14(2,3)7-11(18)9-17-8-10-4-5-12(15)13(16)6-10/h4-6,11,17-18H,7-9H2,1-3H3. The van der Waals surface area contributed by atoms with Gasteiger partial charge in [-0.1, -0.05) is 38.4 Å². The van der Waals surface area contributed by atoms with Gasteiger partial charge < -0.3 is 10.4 Å². The van der Waals surface area contributed by atoms with Gasteiger partial charge in [0.25, 0.3) is 0 Å². The molecule has 0 aliphatic carbocycles. The van der Waals surface area contributed by atoms with Gasteiger partial charge in [-0.05, 0) is 45.5 Å². The minimum Gasteiger partial charge on any atom is -0.392 e. The summed E-state index contributed by atoms with van der Waals surface area (Å²) in [6.45, 7) is 7.71. The molecule has 0 aliphatic heterocycles. The molecule has 1 atom stereocenters. The van der Waals surface area contributed by atoms with Gasteiger partial charge in [-0.15, -0.1) is 0 Å². The Hall–Kier alpha value is -0.0900. The van der Waals surface area contributed by atoms with E-state index in [1.807, 2.05) is 18.2 Å². The maximum atomic E-state index is 9.87. The fourth-order valence-corrected chi connectivity index (χ4v) is 2.26. The minimum atomic E-state index is -0.309. The highest BCUT2D eigenvalue weighted by atomic mass is 79.9. The molecule has 0 aromatic heterocycles. The van der Waals surface area contributed by atoms with E-state index >= 15 is 0 Å². The third-order valence-electron chi connectivity index (χ3n) is 2.54. The first kappa shape index (κ1) is 16.0. The smallest absolute Gasteiger partial charge is 0.0669 e. The molecule has 0 fully saturated rings. The number of hydrogen-bond donors (Lipinski definition) is 2. The fourth-order valence-electron chi connectivity index (χ4n) is 1.81. The van der Waals surface area contributed by atoms with Crippen molar-refractivity contribution in [1.29, 1.82) is 0 Å². The first-order valence-corrected chi connectivity index (χ1v) is 7.28. The van der Waals surface area contributed by atoms with Crippen LogP contribution >= 0.6 is 27.5 Å². The molecule has 1 aromatic carbocycles. The van der Waals surface area contributed by atoms with Gasteiger partial charge in [0.15, 0.2) is 0 Å². The van der Waals surface area contributed by atoms with E-state index in [1.165, 1.54) is 0 Å². The first-order valence-electron chi connectivity index (χ1n) is 6.10. The summed E-state index contributed by atoms with van der Waals surface area (Å²) in [5.74, 6) is 0. The molecule has 0 saturated heterocycles. The molecule has 0 heterocycles. The molecular weight excluding hydrogens is 314 g/mol. The zero-order valence-electron chi connectivity index (χ0n) is 11.1. The van der Waals surface area contributed by atoms with Gasteiger partial charge in [0.05, 0.1) is 11.1 Å². The highest BCUT2D eigenvalue weighted by Gasteiger charge is 2.16. The van der Waals surface area contributed by atoms with Gasteiger partial charge in [-0.2, -0.15) is 0 Å². The van der Waals surface area contributed by atoms with Crippen LogP contribution in [0.4, 0.5) is 0 Å². The van der Waals surface area contributed by atoms with Crippen LogP contribution in [0.25, 0.3) is 0 Å². The van der Waals surface area contributed by atoms with Crippen LogP contribution in [0.5, 0.6) is 0 Å². The molecule has 0 spiro atoms. The summed E-state index contributed by atoms with van der Waals surface area (Å²) in [6, 6.07) is 5.87. The Morgan fingerprint density at radius 1 is 1.39 bits per heavy atom. The quantitative estimate of drug-likeness (QED) is 0.853. The zero-order valence-corrected chi connectivity index (χ0v) is 13.5. The molecular formula is C14H21BrClNO. The topological polar surface area (TPSA) is 32.3 Å². The summed E-state index contributed by atoms with van der Waals surface area (Å²) >= 11 is 9.38. The van der Waals surface area contributed by atoms with Crippen LogP contribution < -0.4 is 5.32 Å². The zero-order chi connectivity index (χ0) is 13.8. The number of benzene rings is 1. The van der Waals surface area contributed by atoms with Crippen LogP contribution in [0, 0.1) is 5.41 Å². The van der Waals surface area contributed by atoms with Crippen LogP contribution in [0.3, 0.4) is 0 Å². The lowest BCUT2D eigenvalue weighted by Crippen LogP contribution is -2.29. The van der Waals surface area contributed by atoms with Gasteiger partial charge in [-0.3, -0.25) is 0 Å². The molecule has 0 bridgehead atoms. The number of aliphatic hydroxyl groups is 1. The van der Waals surface area contributed by atoms with Crippen molar-refractivity contribution in [3.05, 3.63) is 33.3 Å². The van der Waals surface area contributed by atoms with E-state index in [-0.39, 0.29) is 11.5 Å². The lowest BCUT2D eigenvalue weighted by Gasteiger charge is -2.22. The SMILES string of the molecule is CC(C)(C)CC(O)CNCc1ccc(Br)c(Cl)c1. The highest BCUT2D eigenvalue weighted by molar-refractivity contribution is 9.10. The molecule has 0 saturated carbocycles. The molecule has 2 N–H and O–H groups in total. The van der Waals surface area contributed by atoms with Gasteiger partial charge in [-0.25, -0.2) is 0 Å². The molecule has 0 amide bonds. The summed E-state index contributed by atoms with van der Waals surface area (Å²) in [4.78, 5) is 0. The molecule has 2 nitrogen and oxygen atoms in total. The van der Waals surface area contributed by atoms with E-state index < -0.39 is 0 Å². The predicted octanol–water partition coefficient (Wildman–Crippen LogP) is 3.99. The number of hydrogen-bond acceptors (Lipinski definition) is 2. The second-order valence-corrected chi connectivity index (χ2v) is 7.06. The molecule has 102 valence electrons. The molecule has 4 heteroatoms. The van der Waals surface area contributed by atoms with E-state index in [0.29, 0.717) is 18.1 Å². The van der Waals surface area contributed by atoms with E-state index in [1.54, 1.807) is 0 Å². The van der Waals surface area contributed by atoms with Crippen molar-refractivity contribution in [2.45, 2.75) is 39.8 Å². The van der Waals surface area contributed by atoms with E-state index in [2.05, 4.69) is 42.0 Å². The van der Waals surface area contributed by atoms with E-state index in [9.17, 15) is 5.11 Å².